The smallest absolute Gasteiger partial charge is 0.325 e. The lowest BCUT2D eigenvalue weighted by molar-refractivity contribution is -0.148. The van der Waals surface area contributed by atoms with Crippen LogP contribution in [-0.4, -0.2) is 40.8 Å². The SMILES string of the molecule is CCCCCc1cc(C2SCC(=O)N2CC(=O)OCC)no1. The Kier molecular flexibility index (Phi) is 6.30. The van der Waals surface area contributed by atoms with Gasteiger partial charge in [0.15, 0.2) is 0 Å². The summed E-state index contributed by atoms with van der Waals surface area (Å²) in [5.74, 6) is 0.718. The Morgan fingerprint density at radius 1 is 1.50 bits per heavy atom. The van der Waals surface area contributed by atoms with Gasteiger partial charge < -0.3 is 14.2 Å². The molecule has 1 unspecified atom stereocenters. The number of hydrogen-bond donors (Lipinski definition) is 0. The van der Waals surface area contributed by atoms with Crippen molar-refractivity contribution in [2.75, 3.05) is 18.9 Å². The fraction of sp³-hybridized carbons (Fsp3) is 0.667. The molecule has 0 radical (unpaired) electrons. The zero-order chi connectivity index (χ0) is 15.9. The molecule has 1 aliphatic heterocycles. The van der Waals surface area contributed by atoms with Crippen LogP contribution in [0.5, 0.6) is 0 Å². The van der Waals surface area contributed by atoms with Crippen molar-refractivity contribution in [3.8, 4) is 0 Å². The highest BCUT2D eigenvalue weighted by atomic mass is 32.2. The molecular weight excluding hydrogens is 304 g/mol. The van der Waals surface area contributed by atoms with Crippen molar-refractivity contribution in [3.05, 3.63) is 17.5 Å². The van der Waals surface area contributed by atoms with E-state index in [1.165, 1.54) is 16.7 Å². The highest BCUT2D eigenvalue weighted by Crippen LogP contribution is 2.38. The number of esters is 1. The molecule has 6 nitrogen and oxygen atoms in total. The number of carbonyl (C=O) groups is 2. The van der Waals surface area contributed by atoms with E-state index in [4.69, 9.17) is 9.26 Å². The van der Waals surface area contributed by atoms with Crippen LogP contribution >= 0.6 is 11.8 Å². The molecule has 0 aliphatic carbocycles. The number of ether oxygens (including phenoxy) is 1. The van der Waals surface area contributed by atoms with Crippen LogP contribution in [0.2, 0.25) is 0 Å². The highest BCUT2D eigenvalue weighted by Gasteiger charge is 2.36. The van der Waals surface area contributed by atoms with Gasteiger partial charge >= 0.3 is 5.97 Å². The van der Waals surface area contributed by atoms with Gasteiger partial charge in [-0.3, -0.25) is 9.59 Å². The third kappa shape index (κ3) is 4.25. The molecule has 1 atom stereocenters. The molecule has 0 saturated carbocycles. The predicted octanol–water partition coefficient (Wildman–Crippen LogP) is 2.54. The lowest BCUT2D eigenvalue weighted by Crippen LogP contribution is -2.34. The third-order valence-corrected chi connectivity index (χ3v) is 4.66. The second kappa shape index (κ2) is 8.22. The maximum absolute atomic E-state index is 12.0. The standard InChI is InChI=1S/C15H22N2O4S/c1-3-5-6-7-11-8-12(16-21-11)15-17(13(18)10-22-15)9-14(19)20-4-2/h8,15H,3-7,9-10H2,1-2H3. The number of aryl methyl sites for hydroxylation is 1. The number of aromatic nitrogens is 1. The molecule has 1 amide bonds. The van der Waals surface area contributed by atoms with Crippen LogP contribution in [0, 0.1) is 0 Å². The molecule has 1 aromatic rings. The van der Waals surface area contributed by atoms with Crippen molar-refractivity contribution in [1.29, 1.82) is 0 Å². The Morgan fingerprint density at radius 3 is 3.05 bits per heavy atom. The van der Waals surface area contributed by atoms with E-state index >= 15 is 0 Å². The number of rotatable bonds is 8. The second-order valence-electron chi connectivity index (χ2n) is 5.17. The summed E-state index contributed by atoms with van der Waals surface area (Å²) < 4.78 is 10.3. The minimum atomic E-state index is -0.394. The molecule has 1 aliphatic rings. The van der Waals surface area contributed by atoms with Gasteiger partial charge in [-0.15, -0.1) is 11.8 Å². The monoisotopic (exact) mass is 326 g/mol. The summed E-state index contributed by atoms with van der Waals surface area (Å²) in [5, 5.41) is 3.81. The quantitative estimate of drug-likeness (QED) is 0.540. The summed E-state index contributed by atoms with van der Waals surface area (Å²) in [5.41, 5.74) is 0.701. The van der Waals surface area contributed by atoms with E-state index in [2.05, 4.69) is 12.1 Å². The summed E-state index contributed by atoms with van der Waals surface area (Å²) in [6.45, 7) is 4.17. The van der Waals surface area contributed by atoms with Crippen molar-refractivity contribution in [2.45, 2.75) is 44.9 Å². The number of nitrogens with zero attached hydrogens (tertiary/aromatic N) is 2. The Labute approximate surface area is 134 Å². The molecule has 7 heteroatoms. The molecule has 0 aromatic carbocycles. The normalized spacial score (nSPS) is 18.0. The molecule has 122 valence electrons. The summed E-state index contributed by atoms with van der Waals surface area (Å²) >= 11 is 1.46. The van der Waals surface area contributed by atoms with E-state index in [-0.39, 0.29) is 17.8 Å². The van der Waals surface area contributed by atoms with Crippen LogP contribution in [-0.2, 0) is 20.7 Å². The third-order valence-electron chi connectivity index (χ3n) is 3.43. The van der Waals surface area contributed by atoms with E-state index in [1.54, 1.807) is 6.92 Å². The first-order valence-corrected chi connectivity index (χ1v) is 8.72. The average molecular weight is 326 g/mol. The van der Waals surface area contributed by atoms with Crippen molar-refractivity contribution >= 4 is 23.6 Å². The molecule has 0 spiro atoms. The predicted molar refractivity (Wildman–Crippen MR) is 83.3 cm³/mol. The van der Waals surface area contributed by atoms with E-state index < -0.39 is 5.97 Å². The van der Waals surface area contributed by atoms with Gasteiger partial charge in [-0.25, -0.2) is 0 Å². The van der Waals surface area contributed by atoms with Crippen LogP contribution in [0.25, 0.3) is 0 Å². The van der Waals surface area contributed by atoms with Gasteiger partial charge in [0.2, 0.25) is 5.91 Å². The molecule has 22 heavy (non-hydrogen) atoms. The van der Waals surface area contributed by atoms with Crippen molar-refractivity contribution in [3.63, 3.8) is 0 Å². The molecule has 1 fully saturated rings. The lowest BCUT2D eigenvalue weighted by Gasteiger charge is -2.20. The van der Waals surface area contributed by atoms with Gasteiger partial charge in [-0.1, -0.05) is 24.9 Å². The highest BCUT2D eigenvalue weighted by molar-refractivity contribution is 8.00. The Balaban J connectivity index is 2.00. The lowest BCUT2D eigenvalue weighted by atomic mass is 10.1. The summed E-state index contributed by atoms with van der Waals surface area (Å²) in [6, 6.07) is 1.89. The molecule has 1 aromatic heterocycles. The number of carbonyl (C=O) groups excluding carboxylic acids is 2. The van der Waals surface area contributed by atoms with Gasteiger partial charge in [0.1, 0.15) is 23.4 Å². The largest absolute Gasteiger partial charge is 0.465 e. The second-order valence-corrected chi connectivity index (χ2v) is 6.23. The van der Waals surface area contributed by atoms with Crippen LogP contribution in [0.4, 0.5) is 0 Å². The summed E-state index contributed by atoms with van der Waals surface area (Å²) in [6.07, 6.45) is 4.22. The van der Waals surface area contributed by atoms with E-state index in [0.717, 1.165) is 31.4 Å². The van der Waals surface area contributed by atoms with Crippen LogP contribution in [0.1, 0.15) is 49.9 Å². The zero-order valence-corrected chi connectivity index (χ0v) is 13.9. The van der Waals surface area contributed by atoms with Crippen LogP contribution < -0.4 is 0 Å². The summed E-state index contributed by atoms with van der Waals surface area (Å²) in [4.78, 5) is 25.1. The molecule has 1 saturated heterocycles. The first-order valence-electron chi connectivity index (χ1n) is 7.67. The van der Waals surface area contributed by atoms with Gasteiger partial charge in [-0.05, 0) is 13.3 Å². The number of hydrogen-bond acceptors (Lipinski definition) is 6. The van der Waals surface area contributed by atoms with Gasteiger partial charge in [0.05, 0.1) is 12.4 Å². The van der Waals surface area contributed by atoms with E-state index in [0.29, 0.717) is 18.1 Å². The Hall–Kier alpha value is -1.50. The minimum absolute atomic E-state index is 0.0393. The molecule has 0 bridgehead atoms. The molecular formula is C15H22N2O4S. The Bertz CT molecular complexity index is 517. The first-order chi connectivity index (χ1) is 10.7. The maximum Gasteiger partial charge on any atom is 0.325 e. The minimum Gasteiger partial charge on any atom is -0.465 e. The maximum atomic E-state index is 12.0. The Morgan fingerprint density at radius 2 is 2.32 bits per heavy atom. The molecule has 2 rings (SSSR count). The topological polar surface area (TPSA) is 72.6 Å². The van der Waals surface area contributed by atoms with Gasteiger partial charge in [0, 0.05) is 12.5 Å². The van der Waals surface area contributed by atoms with E-state index in [1.807, 2.05) is 6.07 Å². The molecule has 2 heterocycles. The number of amides is 1. The first kappa shape index (κ1) is 16.9. The number of thioether (sulfide) groups is 1. The number of unbranched alkanes of at least 4 members (excludes halogenated alkanes) is 2. The zero-order valence-electron chi connectivity index (χ0n) is 13.0. The fourth-order valence-corrected chi connectivity index (χ4v) is 3.45. The average Bonchev–Trinajstić information content (AvgIpc) is 3.08. The van der Waals surface area contributed by atoms with Gasteiger partial charge in [0.25, 0.3) is 0 Å². The van der Waals surface area contributed by atoms with Gasteiger partial charge in [-0.2, -0.15) is 0 Å². The van der Waals surface area contributed by atoms with Crippen molar-refractivity contribution in [1.82, 2.24) is 10.1 Å². The fourth-order valence-electron chi connectivity index (χ4n) is 2.33. The summed E-state index contributed by atoms with van der Waals surface area (Å²) in [7, 11) is 0. The van der Waals surface area contributed by atoms with Crippen LogP contribution in [0.3, 0.4) is 0 Å². The van der Waals surface area contributed by atoms with Crippen molar-refractivity contribution in [2.24, 2.45) is 0 Å². The molecule has 0 N–H and O–H groups in total. The van der Waals surface area contributed by atoms with Crippen LogP contribution in [0.15, 0.2) is 10.6 Å². The van der Waals surface area contributed by atoms with E-state index in [9.17, 15) is 9.59 Å². The van der Waals surface area contributed by atoms with Crippen molar-refractivity contribution < 1.29 is 18.8 Å².